The van der Waals surface area contributed by atoms with Crippen molar-refractivity contribution in [3.05, 3.63) is 115 Å². The van der Waals surface area contributed by atoms with Crippen LogP contribution >= 0.6 is 0 Å². The average molecular weight is 469 g/mol. The van der Waals surface area contributed by atoms with Crippen LogP contribution in [-0.2, 0) is 21.7 Å². The molecule has 1 radical (unpaired) electrons. The molecule has 0 bridgehead atoms. The van der Waals surface area contributed by atoms with Crippen LogP contribution in [0.5, 0.6) is 0 Å². The third kappa shape index (κ3) is 6.64. The number of hydrogen-bond acceptors (Lipinski definition) is 0. The number of halogens is 6. The largest absolute Gasteiger partial charge is 3.00 e. The van der Waals surface area contributed by atoms with Crippen molar-refractivity contribution >= 4 is 0 Å². The minimum Gasteiger partial charge on any atom is -0.372 e. The smallest absolute Gasteiger partial charge is 0.372 e. The molecule has 0 saturated heterocycles. The molecule has 4 rings (SSSR count). The molecule has 31 heavy (non-hydrogen) atoms. The summed E-state index contributed by atoms with van der Waals surface area (Å²) in [7, 11) is 0. The van der Waals surface area contributed by atoms with E-state index >= 15 is 0 Å². The molecule has 0 N–H and O–H groups in total. The first-order chi connectivity index (χ1) is 14.4. The van der Waals surface area contributed by atoms with Crippen molar-refractivity contribution in [1.82, 2.24) is 9.13 Å². The van der Waals surface area contributed by atoms with Gasteiger partial charge in [0.15, 0.2) is 0 Å². The zero-order valence-corrected chi connectivity index (χ0v) is 17.7. The standard InChI is InChI=1S/2C10H5F3N.C2H5.Ti/c2*11-7-5-8(12)10(9(13)6-7)14-3-1-2-4-14;1-2;/h2*1-5H;1H2,2H3;/q3*-1;+3. The average Bonchev–Trinajstić information content (AvgIpc) is 3.37. The van der Waals surface area contributed by atoms with E-state index in [0.29, 0.717) is 12.1 Å². The second-order valence-electron chi connectivity index (χ2n) is 5.44. The second kappa shape index (κ2) is 12.2. The van der Waals surface area contributed by atoms with E-state index in [9.17, 15) is 26.3 Å². The first-order valence-electron chi connectivity index (χ1n) is 8.48. The molecule has 4 aromatic rings. The number of rotatable bonds is 2. The molecule has 0 aliphatic heterocycles. The van der Waals surface area contributed by atoms with Crippen LogP contribution in [0.25, 0.3) is 11.4 Å². The quantitative estimate of drug-likeness (QED) is 0.187. The molecule has 2 aromatic heterocycles. The Labute approximate surface area is 190 Å². The van der Waals surface area contributed by atoms with Gasteiger partial charge in [-0.15, -0.1) is 12.1 Å². The summed E-state index contributed by atoms with van der Waals surface area (Å²) in [5, 5.41) is 0. The summed E-state index contributed by atoms with van der Waals surface area (Å²) < 4.78 is 80.0. The van der Waals surface area contributed by atoms with E-state index in [1.807, 2.05) is 0 Å². The predicted molar refractivity (Wildman–Crippen MR) is 100.0 cm³/mol. The molecule has 0 unspecified atom stereocenters. The summed E-state index contributed by atoms with van der Waals surface area (Å²) in [6, 6.07) is 11.2. The van der Waals surface area contributed by atoms with Crippen molar-refractivity contribution in [3.63, 3.8) is 0 Å². The SMILES string of the molecule is Fc1[c-]c(F)c(-n2cccc2)c(F)c1.Fc1[c-]c(F)c(-n2cccc2)c(F)c1.[CH2-]C.[Ti+3]. The first kappa shape index (κ1) is 26.3. The van der Waals surface area contributed by atoms with Gasteiger partial charge in [0.1, 0.15) is 0 Å². The Morgan fingerprint density at radius 2 is 0.903 bits per heavy atom. The maximum atomic E-state index is 13.2. The van der Waals surface area contributed by atoms with Gasteiger partial charge in [-0.1, -0.05) is 12.1 Å². The molecule has 0 fully saturated rings. The van der Waals surface area contributed by atoms with E-state index in [4.69, 9.17) is 0 Å². The van der Waals surface area contributed by atoms with Crippen molar-refractivity contribution in [1.29, 1.82) is 0 Å². The fraction of sp³-hybridized carbons (Fsp3) is 0.0455. The number of aromatic nitrogens is 2. The summed E-state index contributed by atoms with van der Waals surface area (Å²) in [5.41, 5.74) is -0.646. The minimum absolute atomic E-state index is 0. The summed E-state index contributed by atoms with van der Waals surface area (Å²) >= 11 is 0. The van der Waals surface area contributed by atoms with Crippen molar-refractivity contribution in [2.45, 2.75) is 6.92 Å². The van der Waals surface area contributed by atoms with E-state index in [1.54, 1.807) is 43.3 Å². The molecular formula is C22H15F6N2Ti. The molecular weight excluding hydrogens is 454 g/mol. The molecule has 2 aromatic carbocycles. The molecule has 0 spiro atoms. The fourth-order valence-electron chi connectivity index (χ4n) is 2.41. The normalized spacial score (nSPS) is 9.68. The van der Waals surface area contributed by atoms with E-state index in [0.717, 1.165) is 0 Å². The monoisotopic (exact) mass is 469 g/mol. The number of nitrogens with zero attached hydrogens (tertiary/aromatic N) is 2. The van der Waals surface area contributed by atoms with Gasteiger partial charge in [-0.3, -0.25) is 0 Å². The van der Waals surface area contributed by atoms with Gasteiger partial charge >= 0.3 is 21.7 Å². The third-order valence-electron chi connectivity index (χ3n) is 3.56. The van der Waals surface area contributed by atoms with Crippen LogP contribution in [0.3, 0.4) is 0 Å². The predicted octanol–water partition coefficient (Wildman–Crippen LogP) is 6.23. The van der Waals surface area contributed by atoms with Gasteiger partial charge in [-0.2, -0.15) is 6.92 Å². The van der Waals surface area contributed by atoms with Crippen LogP contribution in [-0.4, -0.2) is 9.13 Å². The summed E-state index contributed by atoms with van der Waals surface area (Å²) in [5.74, 6) is -6.07. The van der Waals surface area contributed by atoms with Crippen molar-refractivity contribution in [2.75, 3.05) is 0 Å². The second-order valence-corrected chi connectivity index (χ2v) is 5.44. The minimum atomic E-state index is -1.05. The Kier molecular flexibility index (Phi) is 10.4. The molecule has 0 aliphatic carbocycles. The van der Waals surface area contributed by atoms with Gasteiger partial charge < -0.3 is 16.1 Å². The molecule has 0 saturated carbocycles. The summed E-state index contributed by atoms with van der Waals surface area (Å²) in [4.78, 5) is 0. The first-order valence-corrected chi connectivity index (χ1v) is 8.48. The molecule has 0 atom stereocenters. The van der Waals surface area contributed by atoms with Crippen LogP contribution < -0.4 is 0 Å². The molecule has 159 valence electrons. The van der Waals surface area contributed by atoms with Crippen molar-refractivity contribution in [3.8, 4) is 11.4 Å². The molecule has 2 heterocycles. The number of benzene rings is 2. The molecule has 2 nitrogen and oxygen atoms in total. The van der Waals surface area contributed by atoms with E-state index in [-0.39, 0.29) is 33.1 Å². The fourth-order valence-corrected chi connectivity index (χ4v) is 2.41. The van der Waals surface area contributed by atoms with Gasteiger partial charge in [0.2, 0.25) is 0 Å². The van der Waals surface area contributed by atoms with Gasteiger partial charge in [0, 0.05) is 46.3 Å². The topological polar surface area (TPSA) is 9.86 Å². The van der Waals surface area contributed by atoms with Crippen molar-refractivity contribution in [2.24, 2.45) is 0 Å². The zero-order valence-electron chi connectivity index (χ0n) is 16.1. The third-order valence-corrected chi connectivity index (χ3v) is 3.56. The van der Waals surface area contributed by atoms with Crippen LogP contribution in [0.15, 0.2) is 61.2 Å². The Balaban J connectivity index is 0.000000279. The molecule has 0 amide bonds. The van der Waals surface area contributed by atoms with E-state index in [1.165, 1.54) is 33.9 Å². The Hall–Kier alpha value is -2.71. The van der Waals surface area contributed by atoms with Gasteiger partial charge in [-0.25, -0.2) is 26.3 Å². The molecule has 0 aliphatic rings. The maximum absolute atomic E-state index is 13.2. The van der Waals surface area contributed by atoms with Crippen LogP contribution in [0.1, 0.15) is 6.92 Å². The van der Waals surface area contributed by atoms with Crippen molar-refractivity contribution < 1.29 is 48.1 Å². The van der Waals surface area contributed by atoms with E-state index in [2.05, 4.69) is 6.92 Å². The Bertz CT molecular complexity index is 946. The summed E-state index contributed by atoms with van der Waals surface area (Å²) in [6.45, 7) is 5.00. The van der Waals surface area contributed by atoms with Crippen LogP contribution in [0, 0.1) is 54.0 Å². The van der Waals surface area contributed by atoms with E-state index < -0.39 is 34.9 Å². The molecule has 9 heteroatoms. The van der Waals surface area contributed by atoms with Gasteiger partial charge in [0.05, 0.1) is 0 Å². The Morgan fingerprint density at radius 1 is 0.613 bits per heavy atom. The zero-order chi connectivity index (χ0) is 22.3. The maximum Gasteiger partial charge on any atom is 3.00 e. The number of hydrogen-bond donors (Lipinski definition) is 0. The van der Waals surface area contributed by atoms with Crippen LogP contribution in [0.4, 0.5) is 26.3 Å². The van der Waals surface area contributed by atoms with Gasteiger partial charge in [-0.05, 0) is 49.1 Å². The summed E-state index contributed by atoms with van der Waals surface area (Å²) in [6.07, 6.45) is 5.86. The van der Waals surface area contributed by atoms with Gasteiger partial charge in [0.25, 0.3) is 0 Å². The van der Waals surface area contributed by atoms with Crippen LogP contribution in [0.2, 0.25) is 0 Å². The Morgan fingerprint density at radius 3 is 1.16 bits per heavy atom.